The number of carbonyl (C=O) groups excluding carboxylic acids is 2. The largest absolute Gasteiger partial charge is 0.417 e. The van der Waals surface area contributed by atoms with Crippen LogP contribution in [0, 0.1) is 11.3 Å². The molecule has 2 bridgehead atoms. The summed E-state index contributed by atoms with van der Waals surface area (Å²) in [7, 11) is 3.34. The van der Waals surface area contributed by atoms with Crippen LogP contribution >= 0.6 is 11.3 Å². The Bertz CT molecular complexity index is 1450. The van der Waals surface area contributed by atoms with E-state index < -0.39 is 23.2 Å². The van der Waals surface area contributed by atoms with Gasteiger partial charge in [-0.1, -0.05) is 6.07 Å². The average Bonchev–Trinajstić information content (AvgIpc) is 3.64. The number of anilines is 2. The highest BCUT2D eigenvalue weighted by Gasteiger charge is 2.46. The molecule has 13 heteroatoms. The number of likely N-dealkylation sites (tertiary alicyclic amines) is 2. The fraction of sp³-hybridized carbons (Fsp3) is 0.346. The number of fused-ring (bicyclic) bond motifs is 2. The van der Waals surface area contributed by atoms with E-state index in [-0.39, 0.29) is 23.6 Å². The number of alkyl halides is 3. The van der Waals surface area contributed by atoms with Crippen LogP contribution < -0.4 is 5.32 Å². The molecule has 2 atom stereocenters. The molecule has 2 aliphatic rings. The quantitative estimate of drug-likeness (QED) is 0.491. The van der Waals surface area contributed by atoms with Crippen molar-refractivity contribution in [2.75, 3.05) is 32.5 Å². The molecule has 9 nitrogen and oxygen atoms in total. The van der Waals surface area contributed by atoms with Crippen molar-refractivity contribution >= 4 is 34.1 Å². The van der Waals surface area contributed by atoms with Gasteiger partial charge in [0, 0.05) is 63.0 Å². The summed E-state index contributed by atoms with van der Waals surface area (Å²) in [5, 5.41) is 15.0. The van der Waals surface area contributed by atoms with Gasteiger partial charge in [-0.3, -0.25) is 14.5 Å². The van der Waals surface area contributed by atoms with Gasteiger partial charge < -0.3 is 15.1 Å². The van der Waals surface area contributed by atoms with E-state index in [0.29, 0.717) is 48.3 Å². The standard InChI is InChI=1S/C26H24F3N7O2S/c1-34(2)23(37)15-8-16(32-22(9-15)33-25-31-6-7-39-25)12-35-13-18-10-17(35)14-36(18)24(38)19-4-3-5-21(20(19)11-30)26(27,28)29/h3-9,17-18H,10,12-14H2,1-2H3,(H,31,32,33)/t17-,18-/m0/s1. The van der Waals surface area contributed by atoms with Gasteiger partial charge in [0.1, 0.15) is 11.9 Å². The van der Waals surface area contributed by atoms with Gasteiger partial charge in [0.05, 0.1) is 22.4 Å². The second-order valence-electron chi connectivity index (χ2n) is 9.66. The van der Waals surface area contributed by atoms with Crippen molar-refractivity contribution in [1.29, 1.82) is 5.26 Å². The lowest BCUT2D eigenvalue weighted by molar-refractivity contribution is -0.137. The molecule has 0 aliphatic carbocycles. The van der Waals surface area contributed by atoms with Gasteiger partial charge in [-0.05, 0) is 30.7 Å². The van der Waals surface area contributed by atoms with Crippen LogP contribution in [0.1, 0.15) is 44.0 Å². The van der Waals surface area contributed by atoms with Crippen molar-refractivity contribution in [2.24, 2.45) is 0 Å². The Hall–Kier alpha value is -4.02. The number of benzene rings is 1. The zero-order valence-electron chi connectivity index (χ0n) is 21.1. The van der Waals surface area contributed by atoms with E-state index in [4.69, 9.17) is 0 Å². The number of hydrogen-bond donors (Lipinski definition) is 1. The van der Waals surface area contributed by atoms with Crippen molar-refractivity contribution in [3.8, 4) is 6.07 Å². The first-order chi connectivity index (χ1) is 18.5. The third-order valence-corrected chi connectivity index (χ3v) is 7.58. The fourth-order valence-electron chi connectivity index (χ4n) is 5.15. The normalized spacial score (nSPS) is 18.7. The van der Waals surface area contributed by atoms with E-state index in [1.807, 2.05) is 5.38 Å². The molecule has 0 saturated carbocycles. The zero-order chi connectivity index (χ0) is 27.9. The summed E-state index contributed by atoms with van der Waals surface area (Å²) in [5.41, 5.74) is -0.861. The van der Waals surface area contributed by atoms with Crippen LogP contribution in [0.2, 0.25) is 0 Å². The number of carbonyl (C=O) groups is 2. The van der Waals surface area contributed by atoms with Gasteiger partial charge in [-0.15, -0.1) is 11.3 Å². The minimum atomic E-state index is -4.73. The van der Waals surface area contributed by atoms with E-state index in [0.717, 1.165) is 12.1 Å². The molecular formula is C26H24F3N7O2S. The van der Waals surface area contributed by atoms with E-state index in [1.54, 1.807) is 43.4 Å². The Labute approximate surface area is 226 Å². The van der Waals surface area contributed by atoms with Gasteiger partial charge in [0.15, 0.2) is 5.13 Å². The Balaban J connectivity index is 1.33. The number of thiazole rings is 1. The number of pyridine rings is 1. The van der Waals surface area contributed by atoms with Crippen molar-refractivity contribution < 1.29 is 22.8 Å². The maximum absolute atomic E-state index is 13.4. The van der Waals surface area contributed by atoms with Crippen LogP contribution in [0.4, 0.5) is 24.1 Å². The number of aromatic nitrogens is 2. The Kier molecular flexibility index (Phi) is 7.00. The predicted molar refractivity (Wildman–Crippen MR) is 137 cm³/mol. The minimum absolute atomic E-state index is 0.0272. The summed E-state index contributed by atoms with van der Waals surface area (Å²) in [4.78, 5) is 40.1. The molecule has 39 heavy (non-hydrogen) atoms. The van der Waals surface area contributed by atoms with Gasteiger partial charge in [-0.25, -0.2) is 9.97 Å². The van der Waals surface area contributed by atoms with Crippen LogP contribution in [0.15, 0.2) is 41.9 Å². The van der Waals surface area contributed by atoms with Crippen molar-refractivity contribution in [3.05, 3.63) is 69.9 Å². The molecule has 1 N–H and O–H groups in total. The SMILES string of the molecule is CN(C)C(=O)c1cc(CN2C[C@@H]3C[C@H]2CN3C(=O)c2cccc(C(F)(F)F)c2C#N)nc(Nc2nccs2)c1. The van der Waals surface area contributed by atoms with Crippen LogP contribution in [-0.2, 0) is 12.7 Å². The Morgan fingerprint density at radius 3 is 2.64 bits per heavy atom. The smallest absolute Gasteiger partial charge is 0.345 e. The number of nitriles is 1. The fourth-order valence-corrected chi connectivity index (χ4v) is 5.69. The van der Waals surface area contributed by atoms with Crippen LogP contribution in [0.25, 0.3) is 0 Å². The molecule has 2 amide bonds. The molecule has 2 saturated heterocycles. The number of nitrogens with one attached hydrogen (secondary N) is 1. The molecule has 202 valence electrons. The van der Waals surface area contributed by atoms with Crippen molar-refractivity contribution in [2.45, 2.75) is 31.2 Å². The van der Waals surface area contributed by atoms with Crippen LogP contribution in [0.3, 0.4) is 0 Å². The summed E-state index contributed by atoms with van der Waals surface area (Å²) in [6.07, 6.45) is -2.41. The van der Waals surface area contributed by atoms with Crippen molar-refractivity contribution in [1.82, 2.24) is 24.7 Å². The molecule has 5 rings (SSSR count). The van der Waals surface area contributed by atoms with Gasteiger partial charge in [-0.2, -0.15) is 18.4 Å². The van der Waals surface area contributed by atoms with Crippen molar-refractivity contribution in [3.63, 3.8) is 0 Å². The van der Waals surface area contributed by atoms with Crippen LogP contribution in [0.5, 0.6) is 0 Å². The number of amides is 2. The topological polar surface area (TPSA) is 105 Å². The lowest BCUT2D eigenvalue weighted by Crippen LogP contribution is -2.48. The van der Waals surface area contributed by atoms with Crippen LogP contribution in [-0.4, -0.2) is 75.8 Å². The predicted octanol–water partition coefficient (Wildman–Crippen LogP) is 3.97. The molecule has 0 radical (unpaired) electrons. The number of rotatable bonds is 6. The first-order valence-corrected chi connectivity index (χ1v) is 13.0. The van der Waals surface area contributed by atoms with Gasteiger partial charge in [0.25, 0.3) is 11.8 Å². The Morgan fingerprint density at radius 1 is 1.23 bits per heavy atom. The summed E-state index contributed by atoms with van der Waals surface area (Å²) in [6, 6.07) is 8.00. The molecular weight excluding hydrogens is 531 g/mol. The van der Waals surface area contributed by atoms with Gasteiger partial charge >= 0.3 is 6.18 Å². The second kappa shape index (κ2) is 10.3. The first kappa shape index (κ1) is 26.6. The van der Waals surface area contributed by atoms with E-state index in [2.05, 4.69) is 20.2 Å². The molecule has 3 aromatic rings. The zero-order valence-corrected chi connectivity index (χ0v) is 21.9. The second-order valence-corrected chi connectivity index (χ2v) is 10.6. The number of nitrogens with zero attached hydrogens (tertiary/aromatic N) is 6. The minimum Gasteiger partial charge on any atom is -0.345 e. The Morgan fingerprint density at radius 2 is 2.03 bits per heavy atom. The molecule has 4 heterocycles. The monoisotopic (exact) mass is 555 g/mol. The summed E-state index contributed by atoms with van der Waals surface area (Å²) in [5.74, 6) is -0.256. The molecule has 2 aliphatic heterocycles. The van der Waals surface area contributed by atoms with E-state index in [1.165, 1.54) is 22.3 Å². The average molecular weight is 556 g/mol. The highest BCUT2D eigenvalue weighted by Crippen LogP contribution is 2.36. The summed E-state index contributed by atoms with van der Waals surface area (Å²) < 4.78 is 40.2. The molecule has 2 fully saturated rings. The summed E-state index contributed by atoms with van der Waals surface area (Å²) in [6.45, 7) is 1.25. The lowest BCUT2D eigenvalue weighted by Gasteiger charge is -2.34. The van der Waals surface area contributed by atoms with E-state index in [9.17, 15) is 28.0 Å². The lowest BCUT2D eigenvalue weighted by atomic mass is 10.00. The number of hydrogen-bond acceptors (Lipinski definition) is 8. The summed E-state index contributed by atoms with van der Waals surface area (Å²) >= 11 is 1.40. The third kappa shape index (κ3) is 5.30. The molecule has 0 unspecified atom stereocenters. The molecule has 2 aromatic heterocycles. The molecule has 1 aromatic carbocycles. The highest BCUT2D eigenvalue weighted by atomic mass is 32.1. The van der Waals surface area contributed by atoms with E-state index >= 15 is 0 Å². The highest BCUT2D eigenvalue weighted by molar-refractivity contribution is 7.13. The maximum atomic E-state index is 13.4. The maximum Gasteiger partial charge on any atom is 0.417 e. The first-order valence-electron chi connectivity index (χ1n) is 12.1. The van der Waals surface area contributed by atoms with Gasteiger partial charge in [0.2, 0.25) is 0 Å². The third-order valence-electron chi connectivity index (χ3n) is 6.89. The number of piperazine rings is 1. The molecule has 0 spiro atoms. The number of halogens is 3.